The third kappa shape index (κ3) is 4.46. The highest BCUT2D eigenvalue weighted by Crippen LogP contribution is 2.22. The predicted octanol–water partition coefficient (Wildman–Crippen LogP) is 3.46. The van der Waals surface area contributed by atoms with E-state index in [0.717, 1.165) is 42.6 Å². The number of benzene rings is 1. The number of nitrogens with zero attached hydrogens (tertiary/aromatic N) is 5. The van der Waals surface area contributed by atoms with Crippen LogP contribution in [-0.4, -0.2) is 41.1 Å². The van der Waals surface area contributed by atoms with Gasteiger partial charge in [-0.1, -0.05) is 17.7 Å². The van der Waals surface area contributed by atoms with Crippen molar-refractivity contribution in [2.45, 2.75) is 6.54 Å². The minimum absolute atomic E-state index is 0.640. The first-order valence-electron chi connectivity index (χ1n) is 8.99. The van der Waals surface area contributed by atoms with Crippen molar-refractivity contribution in [3.63, 3.8) is 0 Å². The Morgan fingerprint density at radius 2 is 1.70 bits per heavy atom. The van der Waals surface area contributed by atoms with Gasteiger partial charge in [-0.15, -0.1) is 0 Å². The van der Waals surface area contributed by atoms with Crippen LogP contribution in [0.25, 0.3) is 0 Å². The molecule has 2 aromatic heterocycles. The van der Waals surface area contributed by atoms with Crippen LogP contribution in [0.1, 0.15) is 5.56 Å². The second-order valence-corrected chi connectivity index (χ2v) is 6.84. The van der Waals surface area contributed by atoms with E-state index in [1.807, 2.05) is 36.4 Å². The number of pyridine rings is 1. The van der Waals surface area contributed by atoms with E-state index in [0.29, 0.717) is 12.5 Å². The lowest BCUT2D eigenvalue weighted by Gasteiger charge is -2.36. The van der Waals surface area contributed by atoms with E-state index < -0.39 is 0 Å². The Morgan fingerprint density at radius 1 is 0.926 bits per heavy atom. The smallest absolute Gasteiger partial charge is 0.224 e. The van der Waals surface area contributed by atoms with Gasteiger partial charge in [0.05, 0.1) is 0 Å². The van der Waals surface area contributed by atoms with Crippen LogP contribution in [0.3, 0.4) is 0 Å². The average molecular weight is 381 g/mol. The Bertz CT molecular complexity index is 880. The lowest BCUT2D eigenvalue weighted by Crippen LogP contribution is -2.46. The number of piperazine rings is 1. The van der Waals surface area contributed by atoms with Crippen molar-refractivity contribution in [3.05, 3.63) is 71.6 Å². The zero-order chi connectivity index (χ0) is 18.5. The maximum atomic E-state index is 6.12. The van der Waals surface area contributed by atoms with Gasteiger partial charge in [-0.3, -0.25) is 4.98 Å². The summed E-state index contributed by atoms with van der Waals surface area (Å²) in [5, 5.41) is 4.05. The summed E-state index contributed by atoms with van der Waals surface area (Å²) in [4.78, 5) is 17.7. The number of nitrogens with one attached hydrogen (secondary N) is 1. The number of anilines is 3. The normalized spacial score (nSPS) is 14.3. The van der Waals surface area contributed by atoms with Gasteiger partial charge in [-0.05, 0) is 42.0 Å². The molecule has 1 N–H and O–H groups in total. The van der Waals surface area contributed by atoms with E-state index in [4.69, 9.17) is 11.6 Å². The summed E-state index contributed by atoms with van der Waals surface area (Å²) in [6.45, 7) is 4.36. The molecule has 1 aliphatic rings. The third-order valence-electron chi connectivity index (χ3n) is 4.62. The van der Waals surface area contributed by atoms with Gasteiger partial charge in [-0.2, -0.15) is 4.98 Å². The van der Waals surface area contributed by atoms with Crippen molar-refractivity contribution < 1.29 is 0 Å². The van der Waals surface area contributed by atoms with Crippen LogP contribution in [0.4, 0.5) is 17.5 Å². The molecule has 4 rings (SSSR count). The molecule has 0 amide bonds. The molecule has 138 valence electrons. The zero-order valence-corrected chi connectivity index (χ0v) is 15.7. The first kappa shape index (κ1) is 17.5. The summed E-state index contributed by atoms with van der Waals surface area (Å²) in [6, 6.07) is 13.9. The molecule has 0 radical (unpaired) electrons. The first-order chi connectivity index (χ1) is 13.3. The van der Waals surface area contributed by atoms with E-state index in [-0.39, 0.29) is 0 Å². The summed E-state index contributed by atoms with van der Waals surface area (Å²) in [6.07, 6.45) is 5.38. The topological polar surface area (TPSA) is 57.2 Å². The Balaban J connectivity index is 1.37. The molecule has 1 saturated heterocycles. The fourth-order valence-corrected chi connectivity index (χ4v) is 3.34. The molecule has 1 aliphatic heterocycles. The van der Waals surface area contributed by atoms with Crippen molar-refractivity contribution in [3.8, 4) is 0 Å². The molecule has 27 heavy (non-hydrogen) atoms. The van der Waals surface area contributed by atoms with E-state index in [2.05, 4.69) is 36.1 Å². The Morgan fingerprint density at radius 3 is 2.48 bits per heavy atom. The molecular weight excluding hydrogens is 360 g/mol. The number of aromatic nitrogens is 3. The van der Waals surface area contributed by atoms with Crippen LogP contribution in [0.5, 0.6) is 0 Å². The lowest BCUT2D eigenvalue weighted by atomic mass is 10.2. The highest BCUT2D eigenvalue weighted by atomic mass is 35.5. The van der Waals surface area contributed by atoms with E-state index in [1.165, 1.54) is 5.69 Å². The van der Waals surface area contributed by atoms with Crippen molar-refractivity contribution in [2.75, 3.05) is 41.3 Å². The monoisotopic (exact) mass is 380 g/mol. The fourth-order valence-electron chi connectivity index (χ4n) is 3.16. The molecule has 0 unspecified atom stereocenters. The number of rotatable bonds is 5. The summed E-state index contributed by atoms with van der Waals surface area (Å²) in [7, 11) is 0. The molecule has 0 bridgehead atoms. The first-order valence-corrected chi connectivity index (χ1v) is 9.37. The van der Waals surface area contributed by atoms with Gasteiger partial charge in [0.25, 0.3) is 0 Å². The fraction of sp³-hybridized carbons (Fsp3) is 0.250. The molecule has 3 heterocycles. The van der Waals surface area contributed by atoms with Crippen molar-refractivity contribution in [1.29, 1.82) is 0 Å². The van der Waals surface area contributed by atoms with Gasteiger partial charge in [0.2, 0.25) is 5.95 Å². The largest absolute Gasteiger partial charge is 0.368 e. The Labute approximate surface area is 163 Å². The second-order valence-electron chi connectivity index (χ2n) is 6.40. The van der Waals surface area contributed by atoms with Crippen molar-refractivity contribution in [1.82, 2.24) is 15.0 Å². The highest BCUT2D eigenvalue weighted by Gasteiger charge is 2.19. The second kappa shape index (κ2) is 8.22. The maximum absolute atomic E-state index is 6.12. The molecule has 7 heteroatoms. The summed E-state index contributed by atoms with van der Waals surface area (Å²) in [5.41, 5.74) is 2.32. The van der Waals surface area contributed by atoms with Crippen LogP contribution < -0.4 is 15.1 Å². The van der Waals surface area contributed by atoms with Gasteiger partial charge >= 0.3 is 0 Å². The maximum Gasteiger partial charge on any atom is 0.224 e. The summed E-state index contributed by atoms with van der Waals surface area (Å²) in [5.74, 6) is 1.59. The molecule has 0 atom stereocenters. The molecule has 6 nitrogen and oxygen atoms in total. The van der Waals surface area contributed by atoms with Gasteiger partial charge in [-0.25, -0.2) is 4.98 Å². The molecule has 3 aromatic rings. The van der Waals surface area contributed by atoms with E-state index >= 15 is 0 Å². The van der Waals surface area contributed by atoms with Gasteiger partial charge in [0, 0.05) is 62.0 Å². The Hall–Kier alpha value is -2.86. The van der Waals surface area contributed by atoms with Crippen LogP contribution >= 0.6 is 11.6 Å². The van der Waals surface area contributed by atoms with Crippen LogP contribution in [0, 0.1) is 0 Å². The standard InChI is InChI=1S/C20H21ClN6/c21-17-2-1-3-18(14-17)26-10-12-27(13-11-26)19-6-9-23-20(25-19)24-15-16-4-7-22-8-5-16/h1-9,14H,10-13,15H2,(H,23,24,25). The van der Waals surface area contributed by atoms with Crippen molar-refractivity contribution >= 4 is 29.1 Å². The third-order valence-corrected chi connectivity index (χ3v) is 4.85. The quantitative estimate of drug-likeness (QED) is 0.731. The lowest BCUT2D eigenvalue weighted by molar-refractivity contribution is 0.647. The van der Waals surface area contributed by atoms with Crippen LogP contribution in [0.2, 0.25) is 5.02 Å². The number of hydrogen-bond acceptors (Lipinski definition) is 6. The van der Waals surface area contributed by atoms with Crippen molar-refractivity contribution in [2.24, 2.45) is 0 Å². The number of halogens is 1. The molecule has 0 aliphatic carbocycles. The van der Waals surface area contributed by atoms with Gasteiger partial charge in [0.1, 0.15) is 5.82 Å². The zero-order valence-electron chi connectivity index (χ0n) is 14.9. The minimum atomic E-state index is 0.640. The summed E-state index contributed by atoms with van der Waals surface area (Å²) < 4.78 is 0. The molecule has 1 fully saturated rings. The van der Waals surface area contributed by atoms with E-state index in [1.54, 1.807) is 18.6 Å². The average Bonchev–Trinajstić information content (AvgIpc) is 2.73. The summed E-state index contributed by atoms with van der Waals surface area (Å²) >= 11 is 6.12. The number of hydrogen-bond donors (Lipinski definition) is 1. The molecular formula is C20H21ClN6. The predicted molar refractivity (Wildman–Crippen MR) is 109 cm³/mol. The molecule has 0 spiro atoms. The highest BCUT2D eigenvalue weighted by molar-refractivity contribution is 6.30. The molecule has 0 saturated carbocycles. The SMILES string of the molecule is Clc1cccc(N2CCN(c3ccnc(NCc4ccncc4)n3)CC2)c1. The van der Waals surface area contributed by atoms with Crippen LogP contribution in [0.15, 0.2) is 61.1 Å². The molecule has 1 aromatic carbocycles. The Kier molecular flexibility index (Phi) is 5.34. The van der Waals surface area contributed by atoms with Gasteiger partial charge < -0.3 is 15.1 Å². The van der Waals surface area contributed by atoms with E-state index in [9.17, 15) is 0 Å². The van der Waals surface area contributed by atoms with Crippen LogP contribution in [-0.2, 0) is 6.54 Å². The van der Waals surface area contributed by atoms with Gasteiger partial charge in [0.15, 0.2) is 0 Å². The minimum Gasteiger partial charge on any atom is -0.368 e.